The number of allylic oxidation sites excluding steroid dienone is 6. The zero-order valence-electron chi connectivity index (χ0n) is 15.1. The second kappa shape index (κ2) is 24.2. The molecular weight excluding hydrogens is 264 g/mol. The lowest BCUT2D eigenvalue weighted by Crippen LogP contribution is -1.86. The molecule has 126 valence electrons. The molecule has 0 heterocycles. The second-order valence-electron chi connectivity index (χ2n) is 3.31. The van der Waals surface area contributed by atoms with Gasteiger partial charge in [-0.25, -0.2) is 0 Å². The van der Waals surface area contributed by atoms with E-state index in [0.29, 0.717) is 0 Å². The topological polar surface area (TPSA) is 0 Å². The minimum absolute atomic E-state index is 0. The molecule has 0 saturated heterocycles. The van der Waals surface area contributed by atoms with Crippen LogP contribution in [0.1, 0.15) is 61.5 Å². The molecule has 0 nitrogen and oxygen atoms in total. The molecule has 0 N–H and O–H groups in total. The van der Waals surface area contributed by atoms with Gasteiger partial charge in [-0.15, -0.1) is 13.2 Å². The van der Waals surface area contributed by atoms with Crippen LogP contribution in [0.2, 0.25) is 0 Å². The summed E-state index contributed by atoms with van der Waals surface area (Å²) in [4.78, 5) is 0. The van der Waals surface area contributed by atoms with Crippen LogP contribution in [0.15, 0.2) is 73.4 Å². The van der Waals surface area contributed by atoms with Gasteiger partial charge < -0.3 is 0 Å². The Kier molecular flexibility index (Phi) is 31.2. The van der Waals surface area contributed by atoms with E-state index in [1.807, 2.05) is 40.7 Å². The molecule has 0 fully saturated rings. The van der Waals surface area contributed by atoms with Crippen molar-refractivity contribution in [2.24, 2.45) is 0 Å². The summed E-state index contributed by atoms with van der Waals surface area (Å²) in [5.74, 6) is 0. The molecule has 0 saturated carbocycles. The zero-order valence-corrected chi connectivity index (χ0v) is 15.1. The maximum atomic E-state index is 3.00. The fraction of sp³-hybridized carbons (Fsp3) is 0.364. The van der Waals surface area contributed by atoms with Crippen LogP contribution < -0.4 is 0 Å². The lowest BCUT2D eigenvalue weighted by atomic mass is 9.97. The molecule has 1 rings (SSSR count). The minimum Gasteiger partial charge on any atom is -0.106 e. The van der Waals surface area contributed by atoms with E-state index < -0.39 is 0 Å². The van der Waals surface area contributed by atoms with Gasteiger partial charge in [0.1, 0.15) is 0 Å². The molecule has 0 radical (unpaired) electrons. The number of hydrogen-bond acceptors (Lipinski definition) is 0. The maximum absolute atomic E-state index is 3.00. The quantitative estimate of drug-likeness (QED) is 0.391. The molecule has 22 heavy (non-hydrogen) atoms. The van der Waals surface area contributed by atoms with Crippen molar-refractivity contribution < 1.29 is 0 Å². The summed E-state index contributed by atoms with van der Waals surface area (Å²) in [6.07, 6.45) is 8.51. The van der Waals surface area contributed by atoms with Crippen molar-refractivity contribution in [2.45, 2.75) is 55.9 Å². The van der Waals surface area contributed by atoms with Gasteiger partial charge in [0.25, 0.3) is 0 Å². The van der Waals surface area contributed by atoms with E-state index in [-0.39, 0.29) is 7.43 Å². The van der Waals surface area contributed by atoms with Gasteiger partial charge in [0.2, 0.25) is 0 Å². The number of hydrogen-bond donors (Lipinski definition) is 0. The highest BCUT2D eigenvalue weighted by molar-refractivity contribution is 5.81. The number of rotatable bonds is 3. The summed E-state index contributed by atoms with van der Waals surface area (Å²) in [7, 11) is 0. The van der Waals surface area contributed by atoms with Crippen molar-refractivity contribution in [3.05, 3.63) is 78.9 Å². The van der Waals surface area contributed by atoms with Gasteiger partial charge in [0.05, 0.1) is 0 Å². The molecule has 0 amide bonds. The molecule has 0 bridgehead atoms. The van der Waals surface area contributed by atoms with E-state index in [2.05, 4.69) is 75.6 Å². The van der Waals surface area contributed by atoms with Crippen molar-refractivity contribution in [1.82, 2.24) is 0 Å². The first-order valence-corrected chi connectivity index (χ1v) is 7.84. The van der Waals surface area contributed by atoms with Gasteiger partial charge in [-0.3, -0.25) is 0 Å². The Hall–Kier alpha value is -1.82. The first-order valence-electron chi connectivity index (χ1n) is 7.84. The van der Waals surface area contributed by atoms with Crippen LogP contribution in [0.3, 0.4) is 0 Å². The van der Waals surface area contributed by atoms with Gasteiger partial charge in [0, 0.05) is 0 Å². The third-order valence-electron chi connectivity index (χ3n) is 2.34. The monoisotopic (exact) mass is 302 g/mol. The largest absolute Gasteiger partial charge is 0.106 e. The third-order valence-corrected chi connectivity index (χ3v) is 2.34. The molecule has 1 aromatic rings. The lowest BCUT2D eigenvalue weighted by Gasteiger charge is -2.08. The summed E-state index contributed by atoms with van der Waals surface area (Å²) in [6.45, 7) is 20.2. The normalized spacial score (nSPS) is 9.95. The predicted octanol–water partition coefficient (Wildman–Crippen LogP) is 8.10. The summed E-state index contributed by atoms with van der Waals surface area (Å²) in [5.41, 5.74) is 3.83. The summed E-state index contributed by atoms with van der Waals surface area (Å²) < 4.78 is 0. The SMILES string of the molecule is C.C=C.CC.CC.C\C=C/C(=C\C)C(=C\C)/c1ccccc1. The van der Waals surface area contributed by atoms with Gasteiger partial charge in [-0.2, -0.15) is 0 Å². The molecule has 0 heteroatoms. The maximum Gasteiger partial charge on any atom is -0.0158 e. The summed E-state index contributed by atoms with van der Waals surface area (Å²) >= 11 is 0. The Balaban J connectivity index is -0.000000206. The second-order valence-corrected chi connectivity index (χ2v) is 3.31. The fourth-order valence-corrected chi connectivity index (χ4v) is 1.64. The van der Waals surface area contributed by atoms with Crippen LogP contribution in [-0.4, -0.2) is 0 Å². The molecule has 0 spiro atoms. The molecule has 0 aromatic heterocycles. The molecular formula is C22H38. The van der Waals surface area contributed by atoms with Gasteiger partial charge >= 0.3 is 0 Å². The molecule has 0 aliphatic carbocycles. The molecule has 0 aliphatic heterocycles. The van der Waals surface area contributed by atoms with Gasteiger partial charge in [-0.1, -0.05) is 89.8 Å². The standard InChI is InChI=1S/C15H18.2C2H6.C2H4.CH4/c1-4-10-13(5-2)15(6-3)14-11-8-7-9-12-14;3*1-2;/h4-12H,1-3H3;2*1-2H3;1-2H2;1H4/b10-4-,13-5+,15-6+;;;;. The van der Waals surface area contributed by atoms with Crippen LogP contribution >= 0.6 is 0 Å². The highest BCUT2D eigenvalue weighted by Gasteiger charge is 2.02. The van der Waals surface area contributed by atoms with E-state index in [1.165, 1.54) is 16.7 Å². The van der Waals surface area contributed by atoms with Crippen molar-refractivity contribution in [1.29, 1.82) is 0 Å². The average molecular weight is 303 g/mol. The first kappa shape index (κ1) is 28.4. The Morgan fingerprint density at radius 3 is 1.59 bits per heavy atom. The minimum atomic E-state index is 0. The Morgan fingerprint density at radius 2 is 1.27 bits per heavy atom. The highest BCUT2D eigenvalue weighted by Crippen LogP contribution is 2.23. The van der Waals surface area contributed by atoms with Crippen LogP contribution in [0, 0.1) is 0 Å². The molecule has 0 unspecified atom stereocenters. The Bertz CT molecular complexity index is 391. The van der Waals surface area contributed by atoms with Crippen molar-refractivity contribution in [3.63, 3.8) is 0 Å². The molecule has 0 atom stereocenters. The van der Waals surface area contributed by atoms with Crippen molar-refractivity contribution in [3.8, 4) is 0 Å². The zero-order chi connectivity index (χ0) is 17.1. The Labute approximate surface area is 141 Å². The van der Waals surface area contributed by atoms with E-state index in [1.54, 1.807) is 0 Å². The third kappa shape index (κ3) is 12.0. The van der Waals surface area contributed by atoms with Crippen LogP contribution in [0.4, 0.5) is 0 Å². The Morgan fingerprint density at radius 1 is 0.818 bits per heavy atom. The average Bonchev–Trinajstić information content (AvgIpc) is 2.61. The summed E-state index contributed by atoms with van der Waals surface area (Å²) in [5, 5.41) is 0. The lowest BCUT2D eigenvalue weighted by molar-refractivity contribution is 1.50. The molecule has 1 aromatic carbocycles. The van der Waals surface area contributed by atoms with Crippen LogP contribution in [0.25, 0.3) is 5.57 Å². The van der Waals surface area contributed by atoms with E-state index in [0.717, 1.165) is 0 Å². The van der Waals surface area contributed by atoms with Crippen molar-refractivity contribution in [2.75, 3.05) is 0 Å². The highest BCUT2D eigenvalue weighted by atomic mass is 14.1. The molecule has 0 aliphatic rings. The van der Waals surface area contributed by atoms with E-state index >= 15 is 0 Å². The summed E-state index contributed by atoms with van der Waals surface area (Å²) in [6, 6.07) is 10.5. The van der Waals surface area contributed by atoms with E-state index in [9.17, 15) is 0 Å². The smallest absolute Gasteiger partial charge is 0.0158 e. The first-order chi connectivity index (χ1) is 10.3. The van der Waals surface area contributed by atoms with Crippen molar-refractivity contribution >= 4 is 5.57 Å². The van der Waals surface area contributed by atoms with Crippen LogP contribution in [0.5, 0.6) is 0 Å². The number of benzene rings is 1. The van der Waals surface area contributed by atoms with Gasteiger partial charge in [-0.05, 0) is 37.5 Å². The predicted molar refractivity (Wildman–Crippen MR) is 109 cm³/mol. The van der Waals surface area contributed by atoms with E-state index in [4.69, 9.17) is 0 Å². The van der Waals surface area contributed by atoms with Crippen LogP contribution in [-0.2, 0) is 0 Å². The van der Waals surface area contributed by atoms with Gasteiger partial charge in [0.15, 0.2) is 0 Å². The fourth-order valence-electron chi connectivity index (χ4n) is 1.64.